The van der Waals surface area contributed by atoms with E-state index >= 15 is 0 Å². The lowest BCUT2D eigenvalue weighted by molar-refractivity contribution is 0.222. The molecule has 1 heteroatoms. The summed E-state index contributed by atoms with van der Waals surface area (Å²) in [5.74, 6) is 0.724. The molecule has 1 N–H and O–H groups in total. The van der Waals surface area contributed by atoms with Crippen molar-refractivity contribution in [2.24, 2.45) is 11.3 Å². The van der Waals surface area contributed by atoms with Gasteiger partial charge in [0.15, 0.2) is 0 Å². The zero-order valence-electron chi connectivity index (χ0n) is 15.0. The van der Waals surface area contributed by atoms with Crippen LogP contribution in [0.4, 0.5) is 0 Å². The summed E-state index contributed by atoms with van der Waals surface area (Å²) in [6, 6.07) is 9.76. The molecule has 1 aromatic carbocycles. The Hall–Kier alpha value is -0.820. The van der Waals surface area contributed by atoms with Crippen LogP contribution < -0.4 is 5.32 Å². The van der Waals surface area contributed by atoms with Gasteiger partial charge in [0.2, 0.25) is 0 Å². The molecule has 0 saturated carbocycles. The van der Waals surface area contributed by atoms with Crippen molar-refractivity contribution >= 4 is 0 Å². The standard InChI is InChI=1S/C20H35N/c1-7-13-21-19(14-16(3)20(4,5)6)15-18-11-9-17(8-2)10-12-18/h9-12,16,19,21H,7-8,13-15H2,1-6H3. The molecular formula is C20H35N. The zero-order chi connectivity index (χ0) is 15.9. The molecule has 0 amide bonds. The number of rotatable bonds is 8. The number of benzene rings is 1. The van der Waals surface area contributed by atoms with Gasteiger partial charge in [-0.05, 0) is 54.7 Å². The SMILES string of the molecule is CCCNC(Cc1ccc(CC)cc1)CC(C)C(C)(C)C. The quantitative estimate of drug-likeness (QED) is 0.691. The molecule has 0 aliphatic rings. The van der Waals surface area contributed by atoms with Gasteiger partial charge in [0.25, 0.3) is 0 Å². The second kappa shape index (κ2) is 8.58. The summed E-state index contributed by atoms with van der Waals surface area (Å²) in [5, 5.41) is 3.75. The van der Waals surface area contributed by atoms with Crippen molar-refractivity contribution in [2.75, 3.05) is 6.54 Å². The smallest absolute Gasteiger partial charge is 0.0110 e. The number of nitrogens with one attached hydrogen (secondary N) is 1. The first kappa shape index (κ1) is 18.2. The average molecular weight is 290 g/mol. The lowest BCUT2D eigenvalue weighted by Crippen LogP contribution is -2.35. The van der Waals surface area contributed by atoms with Crippen LogP contribution in [0.1, 0.15) is 65.5 Å². The Morgan fingerprint density at radius 3 is 2.05 bits per heavy atom. The van der Waals surface area contributed by atoms with Crippen LogP contribution in [-0.2, 0) is 12.8 Å². The minimum absolute atomic E-state index is 0.387. The highest BCUT2D eigenvalue weighted by molar-refractivity contribution is 5.23. The highest BCUT2D eigenvalue weighted by Gasteiger charge is 2.23. The number of hydrogen-bond acceptors (Lipinski definition) is 1. The second-order valence-electron chi connectivity index (χ2n) is 7.53. The molecule has 0 bridgehead atoms. The molecule has 0 saturated heterocycles. The maximum absolute atomic E-state index is 3.75. The molecule has 2 atom stereocenters. The van der Waals surface area contributed by atoms with E-state index in [4.69, 9.17) is 0 Å². The van der Waals surface area contributed by atoms with Crippen LogP contribution in [0.2, 0.25) is 0 Å². The molecule has 0 aliphatic carbocycles. The van der Waals surface area contributed by atoms with E-state index in [1.54, 1.807) is 0 Å². The van der Waals surface area contributed by atoms with E-state index in [0.29, 0.717) is 11.5 Å². The largest absolute Gasteiger partial charge is 0.314 e. The summed E-state index contributed by atoms with van der Waals surface area (Å²) >= 11 is 0. The molecule has 1 rings (SSSR count). The number of aryl methyl sites for hydroxylation is 1. The van der Waals surface area contributed by atoms with Crippen molar-refractivity contribution in [3.63, 3.8) is 0 Å². The first-order valence-corrected chi connectivity index (χ1v) is 8.68. The molecule has 0 aliphatic heterocycles. The first-order chi connectivity index (χ1) is 9.86. The summed E-state index contributed by atoms with van der Waals surface area (Å²) in [6.07, 6.45) is 4.72. The van der Waals surface area contributed by atoms with E-state index < -0.39 is 0 Å². The summed E-state index contributed by atoms with van der Waals surface area (Å²) in [4.78, 5) is 0. The van der Waals surface area contributed by atoms with Crippen LogP contribution >= 0.6 is 0 Å². The van der Waals surface area contributed by atoms with Crippen molar-refractivity contribution < 1.29 is 0 Å². The molecule has 1 aromatic rings. The Morgan fingerprint density at radius 2 is 1.57 bits per heavy atom. The van der Waals surface area contributed by atoms with Crippen molar-refractivity contribution in [3.05, 3.63) is 35.4 Å². The van der Waals surface area contributed by atoms with E-state index in [1.807, 2.05) is 0 Å². The van der Waals surface area contributed by atoms with Gasteiger partial charge in [-0.15, -0.1) is 0 Å². The number of hydrogen-bond donors (Lipinski definition) is 1. The third-order valence-electron chi connectivity index (χ3n) is 4.71. The highest BCUT2D eigenvalue weighted by atomic mass is 14.9. The Kier molecular flexibility index (Phi) is 7.45. The maximum Gasteiger partial charge on any atom is 0.0110 e. The summed E-state index contributed by atoms with van der Waals surface area (Å²) in [6.45, 7) is 15.0. The van der Waals surface area contributed by atoms with E-state index in [0.717, 1.165) is 25.3 Å². The topological polar surface area (TPSA) is 12.0 Å². The van der Waals surface area contributed by atoms with Crippen LogP contribution in [0.5, 0.6) is 0 Å². The average Bonchev–Trinajstić information content (AvgIpc) is 2.44. The molecule has 21 heavy (non-hydrogen) atoms. The van der Waals surface area contributed by atoms with Crippen molar-refractivity contribution in [1.29, 1.82) is 0 Å². The minimum Gasteiger partial charge on any atom is -0.314 e. The van der Waals surface area contributed by atoms with Gasteiger partial charge >= 0.3 is 0 Å². The van der Waals surface area contributed by atoms with Gasteiger partial charge in [-0.3, -0.25) is 0 Å². The van der Waals surface area contributed by atoms with Crippen LogP contribution in [0.25, 0.3) is 0 Å². The Balaban J connectivity index is 2.67. The molecule has 0 spiro atoms. The molecule has 0 heterocycles. The predicted octanol–water partition coefficient (Wildman–Crippen LogP) is 5.23. The third kappa shape index (κ3) is 6.65. The minimum atomic E-state index is 0.387. The van der Waals surface area contributed by atoms with Crippen LogP contribution in [0, 0.1) is 11.3 Å². The molecule has 0 aromatic heterocycles. The fraction of sp³-hybridized carbons (Fsp3) is 0.700. The molecule has 120 valence electrons. The van der Waals surface area contributed by atoms with Crippen LogP contribution in [0.15, 0.2) is 24.3 Å². The molecular weight excluding hydrogens is 254 g/mol. The fourth-order valence-electron chi connectivity index (χ4n) is 2.56. The van der Waals surface area contributed by atoms with E-state index in [2.05, 4.69) is 71.1 Å². The van der Waals surface area contributed by atoms with Gasteiger partial charge < -0.3 is 5.32 Å². The molecule has 2 unspecified atom stereocenters. The lowest BCUT2D eigenvalue weighted by atomic mass is 9.77. The zero-order valence-corrected chi connectivity index (χ0v) is 15.0. The summed E-state index contributed by atoms with van der Waals surface area (Å²) < 4.78 is 0. The monoisotopic (exact) mass is 289 g/mol. The van der Waals surface area contributed by atoms with Crippen molar-refractivity contribution in [2.45, 2.75) is 73.3 Å². The first-order valence-electron chi connectivity index (χ1n) is 8.68. The predicted molar refractivity (Wildman–Crippen MR) is 94.8 cm³/mol. The Morgan fingerprint density at radius 1 is 1.00 bits per heavy atom. The molecule has 0 radical (unpaired) electrons. The lowest BCUT2D eigenvalue weighted by Gasteiger charge is -2.31. The van der Waals surface area contributed by atoms with Gasteiger partial charge in [-0.2, -0.15) is 0 Å². The van der Waals surface area contributed by atoms with Crippen molar-refractivity contribution in [1.82, 2.24) is 5.32 Å². The third-order valence-corrected chi connectivity index (χ3v) is 4.71. The van der Waals surface area contributed by atoms with Gasteiger partial charge in [0.05, 0.1) is 0 Å². The normalized spacial score (nSPS) is 15.0. The second-order valence-corrected chi connectivity index (χ2v) is 7.53. The van der Waals surface area contributed by atoms with E-state index in [1.165, 1.54) is 24.0 Å². The van der Waals surface area contributed by atoms with E-state index in [-0.39, 0.29) is 0 Å². The molecule has 1 nitrogen and oxygen atoms in total. The van der Waals surface area contributed by atoms with Gasteiger partial charge in [0, 0.05) is 6.04 Å². The summed E-state index contributed by atoms with van der Waals surface area (Å²) in [7, 11) is 0. The fourth-order valence-corrected chi connectivity index (χ4v) is 2.56. The van der Waals surface area contributed by atoms with Crippen molar-refractivity contribution in [3.8, 4) is 0 Å². The maximum atomic E-state index is 3.75. The van der Waals surface area contributed by atoms with E-state index in [9.17, 15) is 0 Å². The van der Waals surface area contributed by atoms with Crippen LogP contribution in [0.3, 0.4) is 0 Å². The highest BCUT2D eigenvalue weighted by Crippen LogP contribution is 2.29. The molecule has 0 fully saturated rings. The van der Waals surface area contributed by atoms with Gasteiger partial charge in [0.1, 0.15) is 0 Å². The Bertz CT molecular complexity index is 385. The van der Waals surface area contributed by atoms with Gasteiger partial charge in [-0.25, -0.2) is 0 Å². The summed E-state index contributed by atoms with van der Waals surface area (Å²) in [5.41, 5.74) is 3.28. The Labute approximate surface area is 132 Å². The van der Waals surface area contributed by atoms with Crippen LogP contribution in [-0.4, -0.2) is 12.6 Å². The van der Waals surface area contributed by atoms with Gasteiger partial charge in [-0.1, -0.05) is 65.8 Å².